The zero-order valence-electron chi connectivity index (χ0n) is 44.3. The lowest BCUT2D eigenvalue weighted by Gasteiger charge is -2.29. The molecule has 0 bridgehead atoms. The van der Waals surface area contributed by atoms with Gasteiger partial charge in [-0.15, -0.1) is 0 Å². The van der Waals surface area contributed by atoms with Gasteiger partial charge in [0.25, 0.3) is 7.82 Å². The molecule has 390 valence electrons. The van der Waals surface area contributed by atoms with E-state index >= 15 is 0 Å². The summed E-state index contributed by atoms with van der Waals surface area (Å²) in [7, 11) is 1.24. The Kier molecular flexibility index (Phi) is 47.4. The van der Waals surface area contributed by atoms with Crippen LogP contribution in [-0.2, 0) is 18.4 Å². The predicted octanol–water partition coefficient (Wildman–Crippen LogP) is 16.1. The summed E-state index contributed by atoms with van der Waals surface area (Å²) in [5.41, 5.74) is 0. The molecule has 0 heterocycles. The lowest BCUT2D eigenvalue weighted by molar-refractivity contribution is -0.870. The number of aliphatic hydroxyl groups excluding tert-OH is 1. The Balaban J connectivity index is 3.93. The van der Waals surface area contributed by atoms with Crippen LogP contribution in [-0.4, -0.2) is 68.5 Å². The van der Waals surface area contributed by atoms with Crippen LogP contribution in [0.25, 0.3) is 0 Å². The topological polar surface area (TPSA) is 108 Å². The highest BCUT2D eigenvalue weighted by atomic mass is 31.2. The molecule has 0 saturated carbocycles. The van der Waals surface area contributed by atoms with E-state index in [0.29, 0.717) is 17.4 Å². The van der Waals surface area contributed by atoms with Crippen LogP contribution in [0.15, 0.2) is 72.9 Å². The number of rotatable bonds is 50. The fourth-order valence-corrected chi connectivity index (χ4v) is 8.53. The van der Waals surface area contributed by atoms with Gasteiger partial charge in [0.05, 0.1) is 39.9 Å². The largest absolute Gasteiger partial charge is 0.756 e. The van der Waals surface area contributed by atoms with E-state index in [1.165, 1.54) is 154 Å². The van der Waals surface area contributed by atoms with Gasteiger partial charge in [-0.25, -0.2) is 0 Å². The molecule has 0 radical (unpaired) electrons. The van der Waals surface area contributed by atoms with Crippen LogP contribution in [0.3, 0.4) is 0 Å². The Morgan fingerprint density at radius 2 is 0.925 bits per heavy atom. The predicted molar refractivity (Wildman–Crippen MR) is 288 cm³/mol. The number of amides is 1. The first-order valence-corrected chi connectivity index (χ1v) is 29.3. The maximum Gasteiger partial charge on any atom is 0.268 e. The molecule has 67 heavy (non-hydrogen) atoms. The fraction of sp³-hybridized carbons (Fsp3) is 0.776. The van der Waals surface area contributed by atoms with Gasteiger partial charge < -0.3 is 28.8 Å². The number of allylic oxidation sites excluding steroid dienone is 11. The molecule has 0 aromatic rings. The first-order valence-electron chi connectivity index (χ1n) is 27.8. The zero-order chi connectivity index (χ0) is 49.2. The van der Waals surface area contributed by atoms with Crippen molar-refractivity contribution in [2.75, 3.05) is 40.9 Å². The molecule has 1 amide bonds. The van der Waals surface area contributed by atoms with Crippen LogP contribution in [0.1, 0.15) is 239 Å². The quantitative estimate of drug-likeness (QED) is 0.0272. The average Bonchev–Trinajstić information content (AvgIpc) is 3.29. The Morgan fingerprint density at radius 3 is 1.39 bits per heavy atom. The van der Waals surface area contributed by atoms with E-state index in [0.717, 1.165) is 64.2 Å². The van der Waals surface area contributed by atoms with E-state index in [4.69, 9.17) is 9.05 Å². The van der Waals surface area contributed by atoms with Crippen molar-refractivity contribution in [3.8, 4) is 0 Å². The molecule has 0 saturated heterocycles. The molecule has 0 spiro atoms. The van der Waals surface area contributed by atoms with Crippen LogP contribution in [0.4, 0.5) is 0 Å². The molecule has 3 unspecified atom stereocenters. The molecule has 0 rings (SSSR count). The van der Waals surface area contributed by atoms with E-state index in [2.05, 4.69) is 79.9 Å². The summed E-state index contributed by atoms with van der Waals surface area (Å²) in [5.74, 6) is -0.208. The van der Waals surface area contributed by atoms with Crippen molar-refractivity contribution in [3.63, 3.8) is 0 Å². The van der Waals surface area contributed by atoms with E-state index in [9.17, 15) is 19.4 Å². The molecular weight excluding hydrogens is 852 g/mol. The third-order valence-corrected chi connectivity index (χ3v) is 13.1. The number of nitrogens with zero attached hydrogens (tertiary/aromatic N) is 1. The Bertz CT molecular complexity index is 1320. The normalized spacial score (nSPS) is 14.6. The van der Waals surface area contributed by atoms with Gasteiger partial charge in [-0.2, -0.15) is 0 Å². The van der Waals surface area contributed by atoms with Gasteiger partial charge in [0, 0.05) is 6.42 Å². The lowest BCUT2D eigenvalue weighted by atomic mass is 10.0. The minimum Gasteiger partial charge on any atom is -0.756 e. The number of unbranched alkanes of at least 4 members (excludes halogenated alkanes) is 27. The number of hydrogen-bond donors (Lipinski definition) is 2. The molecule has 9 heteroatoms. The molecule has 8 nitrogen and oxygen atoms in total. The van der Waals surface area contributed by atoms with Crippen molar-refractivity contribution in [1.82, 2.24) is 5.32 Å². The molecule has 3 atom stereocenters. The van der Waals surface area contributed by atoms with Gasteiger partial charge >= 0.3 is 0 Å². The van der Waals surface area contributed by atoms with Gasteiger partial charge in [-0.1, -0.05) is 234 Å². The van der Waals surface area contributed by atoms with E-state index in [1.807, 2.05) is 27.2 Å². The first kappa shape index (κ1) is 64.9. The van der Waals surface area contributed by atoms with Crippen molar-refractivity contribution in [1.29, 1.82) is 0 Å². The zero-order valence-corrected chi connectivity index (χ0v) is 45.2. The molecule has 0 aliphatic heterocycles. The summed E-state index contributed by atoms with van der Waals surface area (Å²) < 4.78 is 23.2. The van der Waals surface area contributed by atoms with E-state index in [-0.39, 0.29) is 12.5 Å². The SMILES string of the molecule is CC/C=C\C/C=C\C/C=C\C/C=C\CCCCCCCCCCCCCCCCCCCCCCCCC(=O)NC(COP(=O)([O-])OCC[N+](C)(C)C)C(O)/C=C/CC/C=C/CCCCCC. The Labute approximate surface area is 414 Å². The van der Waals surface area contributed by atoms with Gasteiger partial charge in [0.15, 0.2) is 0 Å². The number of phosphoric ester groups is 1. The summed E-state index contributed by atoms with van der Waals surface area (Å²) in [4.78, 5) is 25.3. The van der Waals surface area contributed by atoms with Gasteiger partial charge in [-0.05, 0) is 70.6 Å². The number of hydrogen-bond acceptors (Lipinski definition) is 6. The Hall–Kier alpha value is -2.06. The van der Waals surface area contributed by atoms with Gasteiger partial charge in [0.1, 0.15) is 13.2 Å². The molecule has 0 fully saturated rings. The Morgan fingerprint density at radius 1 is 0.537 bits per heavy atom. The fourth-order valence-electron chi connectivity index (χ4n) is 7.81. The standard InChI is InChI=1S/C58H107N2O6P/c1-6-8-10-12-14-16-18-19-20-21-22-23-24-25-26-27-28-29-30-31-32-33-34-35-36-37-38-39-40-41-42-44-46-48-50-52-58(62)59-56(55-66-67(63,64)65-54-53-60(3,4)5)57(61)51-49-47-45-43-17-15-13-11-9-7-2/h8,10,14,16-17,19-20,22-23,43,49,51,56-57,61H,6-7,9,11-13,15,18,21,24-42,44-48,50,52-55H2,1-5H3,(H-,59,62,63,64)/b10-8-,16-14-,20-19-,23-22-,43-17+,51-49+. The smallest absolute Gasteiger partial charge is 0.268 e. The summed E-state index contributed by atoms with van der Waals surface area (Å²) >= 11 is 0. The van der Waals surface area contributed by atoms with Crippen LogP contribution in [0.5, 0.6) is 0 Å². The highest BCUT2D eigenvalue weighted by molar-refractivity contribution is 7.45. The van der Waals surface area contributed by atoms with Crippen molar-refractivity contribution >= 4 is 13.7 Å². The highest BCUT2D eigenvalue weighted by Gasteiger charge is 2.23. The van der Waals surface area contributed by atoms with Crippen molar-refractivity contribution in [2.45, 2.75) is 251 Å². The third-order valence-electron chi connectivity index (χ3n) is 12.2. The number of carbonyl (C=O) groups excluding carboxylic acids is 1. The van der Waals surface area contributed by atoms with Crippen LogP contribution < -0.4 is 10.2 Å². The number of nitrogens with one attached hydrogen (secondary N) is 1. The van der Waals surface area contributed by atoms with Gasteiger partial charge in [-0.3, -0.25) is 9.36 Å². The van der Waals surface area contributed by atoms with Crippen LogP contribution in [0, 0.1) is 0 Å². The second-order valence-corrected chi connectivity index (χ2v) is 21.3. The summed E-state index contributed by atoms with van der Waals surface area (Å²) in [5, 5.41) is 13.8. The average molecular weight is 959 g/mol. The summed E-state index contributed by atoms with van der Waals surface area (Å²) in [6.45, 7) is 4.48. The molecule has 0 aliphatic carbocycles. The maximum absolute atomic E-state index is 12.9. The third kappa shape index (κ3) is 51.6. The highest BCUT2D eigenvalue weighted by Crippen LogP contribution is 2.38. The van der Waals surface area contributed by atoms with E-state index < -0.39 is 26.6 Å². The van der Waals surface area contributed by atoms with E-state index in [1.54, 1.807) is 6.08 Å². The number of carbonyl (C=O) groups is 1. The molecule has 0 aromatic carbocycles. The van der Waals surface area contributed by atoms with Crippen molar-refractivity contribution < 1.29 is 32.9 Å². The maximum atomic E-state index is 12.9. The van der Waals surface area contributed by atoms with Crippen molar-refractivity contribution in [2.24, 2.45) is 0 Å². The number of phosphoric acid groups is 1. The molecular formula is C58H107N2O6P. The molecule has 0 aromatic heterocycles. The second kappa shape index (κ2) is 48.9. The first-order chi connectivity index (χ1) is 32.5. The second-order valence-electron chi connectivity index (χ2n) is 19.9. The monoisotopic (exact) mass is 959 g/mol. The minimum absolute atomic E-state index is 0.00717. The lowest BCUT2D eigenvalue weighted by Crippen LogP contribution is -2.45. The molecule has 2 N–H and O–H groups in total. The summed E-state index contributed by atoms with van der Waals surface area (Å²) in [6, 6.07) is -0.902. The minimum atomic E-state index is -4.60. The number of quaternary nitrogens is 1. The van der Waals surface area contributed by atoms with Crippen LogP contribution >= 0.6 is 7.82 Å². The van der Waals surface area contributed by atoms with Gasteiger partial charge in [0.2, 0.25) is 5.91 Å². The van der Waals surface area contributed by atoms with Crippen molar-refractivity contribution in [3.05, 3.63) is 72.9 Å². The summed E-state index contributed by atoms with van der Waals surface area (Å²) in [6.07, 6.45) is 67.2. The van der Waals surface area contributed by atoms with Crippen LogP contribution in [0.2, 0.25) is 0 Å². The number of likely N-dealkylation sites (N-methyl/N-ethyl adjacent to an activating group) is 1. The number of aliphatic hydroxyl groups is 1. The molecule has 0 aliphatic rings.